The Morgan fingerprint density at radius 2 is 1.80 bits per heavy atom. The van der Waals surface area contributed by atoms with Crippen molar-refractivity contribution in [3.8, 4) is 17.3 Å². The average Bonchev–Trinajstić information content (AvgIpc) is 3.02. The van der Waals surface area contributed by atoms with Gasteiger partial charge < -0.3 is 14.5 Å². The van der Waals surface area contributed by atoms with Gasteiger partial charge >= 0.3 is 6.01 Å². The fourth-order valence-corrected chi connectivity index (χ4v) is 5.75. The number of aliphatic imine (C=N–C) groups is 1. The molecule has 0 bridgehead atoms. The molecule has 1 saturated heterocycles. The number of carbonyl (C=O) groups excluding carboxylic acids is 2. The first-order valence-corrected chi connectivity index (χ1v) is 15.2. The number of hydrogen-bond donors (Lipinski definition) is 0. The van der Waals surface area contributed by atoms with Crippen molar-refractivity contribution in [2.75, 3.05) is 38.7 Å². The average molecular weight is 636 g/mol. The van der Waals surface area contributed by atoms with Crippen LogP contribution in [0.5, 0.6) is 6.01 Å². The van der Waals surface area contributed by atoms with Gasteiger partial charge in [-0.3, -0.25) is 19.5 Å². The Labute approximate surface area is 268 Å². The first kappa shape index (κ1) is 33.5. The molecule has 0 saturated carbocycles. The summed E-state index contributed by atoms with van der Waals surface area (Å²) < 4.78 is 20.5. The van der Waals surface area contributed by atoms with Crippen LogP contribution in [0.3, 0.4) is 0 Å². The van der Waals surface area contributed by atoms with Gasteiger partial charge in [0.15, 0.2) is 5.82 Å². The van der Waals surface area contributed by atoms with Gasteiger partial charge in [0, 0.05) is 38.3 Å². The molecule has 2 aromatic heterocycles. The molecule has 0 aliphatic carbocycles. The predicted octanol–water partition coefficient (Wildman–Crippen LogP) is 5.98. The molecule has 4 rings (SSSR count). The van der Waals surface area contributed by atoms with Gasteiger partial charge in [0.05, 0.1) is 40.5 Å². The second kappa shape index (κ2) is 14.2. The molecule has 1 aliphatic rings. The van der Waals surface area contributed by atoms with Gasteiger partial charge in [-0.15, -0.1) is 0 Å². The zero-order chi connectivity index (χ0) is 33.0. The third-order valence-electron chi connectivity index (χ3n) is 7.69. The van der Waals surface area contributed by atoms with Gasteiger partial charge in [-0.05, 0) is 43.0 Å². The normalized spacial score (nSPS) is 15.4. The molecule has 1 aliphatic heterocycles. The molecule has 12 heteroatoms. The smallest absolute Gasteiger partial charge is 0.316 e. The lowest BCUT2D eigenvalue weighted by atomic mass is 10.00. The van der Waals surface area contributed by atoms with Crippen molar-refractivity contribution < 1.29 is 18.7 Å². The molecule has 3 aromatic rings. The third-order valence-corrected chi connectivity index (χ3v) is 7.98. The highest BCUT2D eigenvalue weighted by Crippen LogP contribution is 2.41. The maximum atomic E-state index is 15.1. The first-order chi connectivity index (χ1) is 21.5. The molecule has 0 radical (unpaired) electrons. The van der Waals surface area contributed by atoms with Crippen molar-refractivity contribution in [3.63, 3.8) is 0 Å². The number of benzene rings is 1. The quantitative estimate of drug-likeness (QED) is 0.123. The summed E-state index contributed by atoms with van der Waals surface area (Å²) in [4.78, 5) is 49.6. The van der Waals surface area contributed by atoms with Gasteiger partial charge in [-0.25, -0.2) is 9.37 Å². The topological polar surface area (TPSA) is 104 Å². The van der Waals surface area contributed by atoms with E-state index in [-0.39, 0.29) is 51.9 Å². The number of aromatic nitrogens is 3. The Hall–Kier alpha value is -4.38. The lowest BCUT2D eigenvalue weighted by molar-refractivity contribution is -0.128. The molecule has 238 valence electrons. The number of piperazine rings is 1. The van der Waals surface area contributed by atoms with E-state index in [1.54, 1.807) is 36.2 Å². The molecule has 1 unspecified atom stereocenters. The Morgan fingerprint density at radius 1 is 1.16 bits per heavy atom. The molecule has 45 heavy (non-hydrogen) atoms. The summed E-state index contributed by atoms with van der Waals surface area (Å²) in [6, 6.07) is 7.88. The van der Waals surface area contributed by atoms with Crippen LogP contribution in [0.25, 0.3) is 11.3 Å². The lowest BCUT2D eigenvalue weighted by Crippen LogP contribution is -2.55. The summed E-state index contributed by atoms with van der Waals surface area (Å²) in [5, 5.41) is 0.179. The number of halogens is 2. The van der Waals surface area contributed by atoms with Crippen molar-refractivity contribution in [1.82, 2.24) is 24.8 Å². The number of hydrogen-bond acceptors (Lipinski definition) is 7. The van der Waals surface area contributed by atoms with Crippen LogP contribution in [0.2, 0.25) is 5.02 Å². The number of nitrogens with zero attached hydrogens (tertiary/aromatic N) is 7. The SMILES string of the molecule is C=CC(=O)N1CCN(C(=NC)c2cc(Cl)c(-c3ccccc3F)nc2N(C=O)c2c(C(C)C)nc(OC)nc2C(C)C)C(C)C1. The van der Waals surface area contributed by atoms with Gasteiger partial charge in [0.2, 0.25) is 12.3 Å². The number of pyridine rings is 1. The van der Waals surface area contributed by atoms with E-state index in [0.717, 1.165) is 0 Å². The number of anilines is 2. The highest BCUT2D eigenvalue weighted by Gasteiger charge is 2.34. The number of methoxy groups -OCH3 is 1. The fourth-order valence-electron chi connectivity index (χ4n) is 5.49. The van der Waals surface area contributed by atoms with E-state index < -0.39 is 5.82 Å². The van der Waals surface area contributed by atoms with Crippen LogP contribution in [-0.4, -0.2) is 82.7 Å². The van der Waals surface area contributed by atoms with Crippen LogP contribution in [-0.2, 0) is 9.59 Å². The summed E-state index contributed by atoms with van der Waals surface area (Å²) in [5.74, 6) is -0.228. The maximum absolute atomic E-state index is 15.1. The van der Waals surface area contributed by atoms with Crippen LogP contribution >= 0.6 is 11.6 Å². The molecule has 3 heterocycles. The Kier molecular flexibility index (Phi) is 10.5. The summed E-state index contributed by atoms with van der Waals surface area (Å²) in [6.07, 6.45) is 1.96. The summed E-state index contributed by atoms with van der Waals surface area (Å²) in [6.45, 7) is 14.8. The molecule has 1 aromatic carbocycles. The van der Waals surface area contributed by atoms with E-state index in [9.17, 15) is 9.59 Å². The lowest BCUT2D eigenvalue weighted by Gasteiger charge is -2.41. The monoisotopic (exact) mass is 635 g/mol. The maximum Gasteiger partial charge on any atom is 0.316 e. The highest BCUT2D eigenvalue weighted by molar-refractivity contribution is 6.33. The number of carbonyl (C=O) groups is 2. The molecule has 1 atom stereocenters. The largest absolute Gasteiger partial charge is 0.467 e. The van der Waals surface area contributed by atoms with Crippen LogP contribution in [0.1, 0.15) is 63.4 Å². The van der Waals surface area contributed by atoms with Crippen LogP contribution in [0, 0.1) is 5.82 Å². The number of ether oxygens (including phenoxy) is 1. The summed E-state index contributed by atoms with van der Waals surface area (Å²) in [7, 11) is 3.14. The molecule has 0 N–H and O–H groups in total. The standard InChI is InChI=1S/C33H39ClFN7O3/c1-9-26(44)40-14-15-41(21(6)17-40)31(36-7)23-16-24(34)29(22-12-10-11-13-25(22)35)37-32(23)42(18-43)30-27(19(2)3)38-33(45-8)39-28(30)20(4)5/h9-13,16,18-21H,1,14-15,17H2,2-8H3. The van der Waals surface area contributed by atoms with E-state index in [1.165, 1.54) is 24.2 Å². The van der Waals surface area contributed by atoms with Crippen molar-refractivity contribution in [3.05, 3.63) is 70.8 Å². The molecule has 0 spiro atoms. The van der Waals surface area contributed by atoms with Crippen LogP contribution < -0.4 is 9.64 Å². The Morgan fingerprint density at radius 3 is 2.31 bits per heavy atom. The van der Waals surface area contributed by atoms with Gasteiger partial charge in [0.1, 0.15) is 11.7 Å². The number of amides is 2. The van der Waals surface area contributed by atoms with E-state index in [1.807, 2.05) is 39.5 Å². The Bertz CT molecular complexity index is 1600. The van der Waals surface area contributed by atoms with Gasteiger partial charge in [-0.2, -0.15) is 9.97 Å². The van der Waals surface area contributed by atoms with Crippen molar-refractivity contribution in [2.45, 2.75) is 52.5 Å². The summed E-state index contributed by atoms with van der Waals surface area (Å²) >= 11 is 6.85. The third kappa shape index (κ3) is 6.68. The van der Waals surface area contributed by atoms with Crippen molar-refractivity contribution in [2.24, 2.45) is 4.99 Å². The predicted molar refractivity (Wildman–Crippen MR) is 175 cm³/mol. The second-order valence-electron chi connectivity index (χ2n) is 11.4. The zero-order valence-electron chi connectivity index (χ0n) is 26.7. The molecular formula is C33H39ClFN7O3. The van der Waals surface area contributed by atoms with Crippen molar-refractivity contribution >= 4 is 41.3 Å². The molecule has 10 nitrogen and oxygen atoms in total. The number of rotatable bonds is 9. The van der Waals surface area contributed by atoms with Gasteiger partial charge in [-0.1, -0.05) is 58.0 Å². The first-order valence-electron chi connectivity index (χ1n) is 14.8. The van der Waals surface area contributed by atoms with Gasteiger partial charge in [0.25, 0.3) is 0 Å². The fraction of sp³-hybridized carbons (Fsp3) is 0.394. The minimum atomic E-state index is -0.511. The molecular weight excluding hydrogens is 597 g/mol. The number of amidine groups is 1. The van der Waals surface area contributed by atoms with E-state index >= 15 is 4.39 Å². The van der Waals surface area contributed by atoms with E-state index in [0.29, 0.717) is 54.5 Å². The summed E-state index contributed by atoms with van der Waals surface area (Å²) in [5.41, 5.74) is 2.40. The molecule has 1 fully saturated rings. The van der Waals surface area contributed by atoms with Crippen molar-refractivity contribution in [1.29, 1.82) is 0 Å². The van der Waals surface area contributed by atoms with E-state index in [2.05, 4.69) is 21.5 Å². The van der Waals surface area contributed by atoms with E-state index in [4.69, 9.17) is 21.3 Å². The minimum Gasteiger partial charge on any atom is -0.467 e. The van der Waals surface area contributed by atoms with Crippen LogP contribution in [0.15, 0.2) is 48.0 Å². The molecule has 2 amide bonds. The van der Waals surface area contributed by atoms with Crippen LogP contribution in [0.4, 0.5) is 15.9 Å². The highest BCUT2D eigenvalue weighted by atomic mass is 35.5. The Balaban J connectivity index is 2.02. The second-order valence-corrected chi connectivity index (χ2v) is 11.8. The minimum absolute atomic E-state index is 0.131. The zero-order valence-corrected chi connectivity index (χ0v) is 27.5.